The van der Waals surface area contributed by atoms with Gasteiger partial charge in [0.05, 0.1) is 17.7 Å². The van der Waals surface area contributed by atoms with Crippen LogP contribution in [0.2, 0.25) is 0 Å². The maximum absolute atomic E-state index is 15.6. The minimum atomic E-state index is -1.50. The second kappa shape index (κ2) is 10.4. The summed E-state index contributed by atoms with van der Waals surface area (Å²) in [6, 6.07) is 14.3. The number of halogens is 1. The van der Waals surface area contributed by atoms with Gasteiger partial charge in [-0.15, -0.1) is 0 Å². The van der Waals surface area contributed by atoms with Crippen LogP contribution in [0.25, 0.3) is 0 Å². The zero-order chi connectivity index (χ0) is 25.0. The standard InChI is InChI=1S/C27H31FN4O3/c1-19-3-8-23(30-18-35-24-9-12-32(17-24)20(2)33)15-25(19)26(34)31-13-10-27(28,11-14-31)22-6-4-21(16-29)5-7-22/h3-8,15,24,30H,9-14,17-18H2,1-2H3. The smallest absolute Gasteiger partial charge is 0.254 e. The van der Waals surface area contributed by atoms with Crippen molar-refractivity contribution in [3.63, 3.8) is 0 Å². The molecule has 0 radical (unpaired) electrons. The van der Waals surface area contributed by atoms with E-state index >= 15 is 4.39 Å². The van der Waals surface area contributed by atoms with Gasteiger partial charge < -0.3 is 19.9 Å². The van der Waals surface area contributed by atoms with Crippen LogP contribution in [-0.4, -0.2) is 60.6 Å². The second-order valence-corrected chi connectivity index (χ2v) is 9.34. The topological polar surface area (TPSA) is 85.7 Å². The number of anilines is 1. The van der Waals surface area contributed by atoms with Gasteiger partial charge in [-0.2, -0.15) is 5.26 Å². The van der Waals surface area contributed by atoms with Crippen molar-refractivity contribution in [2.75, 3.05) is 38.2 Å². The second-order valence-electron chi connectivity index (χ2n) is 9.34. The number of benzene rings is 2. The van der Waals surface area contributed by atoms with Gasteiger partial charge in [-0.05, 0) is 48.7 Å². The van der Waals surface area contributed by atoms with Crippen molar-refractivity contribution in [2.24, 2.45) is 0 Å². The van der Waals surface area contributed by atoms with Crippen LogP contribution in [-0.2, 0) is 15.2 Å². The third-order valence-corrected chi connectivity index (χ3v) is 7.03. The van der Waals surface area contributed by atoms with Gasteiger partial charge in [-0.25, -0.2) is 4.39 Å². The molecule has 0 bridgehead atoms. The SMILES string of the molecule is CC(=O)N1CCC(OCNc2ccc(C)c(C(=O)N3CCC(F)(c4ccc(C#N)cc4)CC3)c2)C1. The molecule has 0 spiro atoms. The summed E-state index contributed by atoms with van der Waals surface area (Å²) in [6.45, 7) is 5.70. The van der Waals surface area contributed by atoms with Crippen molar-refractivity contribution in [3.8, 4) is 6.07 Å². The lowest BCUT2D eigenvalue weighted by Gasteiger charge is -2.37. The van der Waals surface area contributed by atoms with Gasteiger partial charge in [0, 0.05) is 57.2 Å². The Labute approximate surface area is 205 Å². The fraction of sp³-hybridized carbons (Fsp3) is 0.444. The molecule has 8 heteroatoms. The molecular formula is C27H31FN4O3. The van der Waals surface area contributed by atoms with Crippen LogP contribution in [0.4, 0.5) is 10.1 Å². The molecule has 1 unspecified atom stereocenters. The number of aryl methyl sites for hydroxylation is 1. The third kappa shape index (κ3) is 5.63. The molecule has 2 heterocycles. The summed E-state index contributed by atoms with van der Waals surface area (Å²) in [5, 5.41) is 12.2. The third-order valence-electron chi connectivity index (χ3n) is 7.03. The Balaban J connectivity index is 1.33. The number of piperidine rings is 1. The molecule has 2 fully saturated rings. The lowest BCUT2D eigenvalue weighted by atomic mass is 9.85. The lowest BCUT2D eigenvalue weighted by molar-refractivity contribution is -0.128. The molecular weight excluding hydrogens is 447 g/mol. The van der Waals surface area contributed by atoms with E-state index < -0.39 is 5.67 Å². The van der Waals surface area contributed by atoms with E-state index in [0.29, 0.717) is 42.9 Å². The van der Waals surface area contributed by atoms with Crippen LogP contribution >= 0.6 is 0 Å². The first kappa shape index (κ1) is 24.7. The first-order valence-corrected chi connectivity index (χ1v) is 12.0. The highest BCUT2D eigenvalue weighted by Crippen LogP contribution is 2.37. The first-order chi connectivity index (χ1) is 16.8. The maximum Gasteiger partial charge on any atom is 0.254 e. The Kier molecular flexibility index (Phi) is 7.37. The van der Waals surface area contributed by atoms with Crippen LogP contribution in [0.1, 0.15) is 53.2 Å². The van der Waals surface area contributed by atoms with Crippen LogP contribution in [0.15, 0.2) is 42.5 Å². The van der Waals surface area contributed by atoms with E-state index in [4.69, 9.17) is 10.00 Å². The lowest BCUT2D eigenvalue weighted by Crippen LogP contribution is -2.43. The van der Waals surface area contributed by atoms with Gasteiger partial charge in [0.1, 0.15) is 12.4 Å². The number of hydrogen-bond donors (Lipinski definition) is 1. The average Bonchev–Trinajstić information content (AvgIpc) is 3.34. The predicted octanol–water partition coefficient (Wildman–Crippen LogP) is 3.97. The maximum atomic E-state index is 15.6. The number of carbonyl (C=O) groups is 2. The normalized spacial score (nSPS) is 19.3. The highest BCUT2D eigenvalue weighted by atomic mass is 19.1. The van der Waals surface area contributed by atoms with Gasteiger partial charge in [0.15, 0.2) is 0 Å². The van der Waals surface area contributed by atoms with E-state index in [0.717, 1.165) is 17.7 Å². The number of rotatable bonds is 6. The van der Waals surface area contributed by atoms with Crippen molar-refractivity contribution >= 4 is 17.5 Å². The highest BCUT2D eigenvalue weighted by molar-refractivity contribution is 5.96. The largest absolute Gasteiger partial charge is 0.363 e. The number of hydrogen-bond acceptors (Lipinski definition) is 5. The number of nitriles is 1. The molecule has 2 aliphatic rings. The summed E-state index contributed by atoms with van der Waals surface area (Å²) in [4.78, 5) is 28.2. The Morgan fingerprint density at radius 3 is 2.49 bits per heavy atom. The van der Waals surface area contributed by atoms with Crippen molar-refractivity contribution < 1.29 is 18.7 Å². The number of alkyl halides is 1. The summed E-state index contributed by atoms with van der Waals surface area (Å²) in [7, 11) is 0. The molecule has 2 amide bonds. The monoisotopic (exact) mass is 478 g/mol. The Morgan fingerprint density at radius 1 is 1.14 bits per heavy atom. The van der Waals surface area contributed by atoms with E-state index in [1.54, 1.807) is 41.0 Å². The van der Waals surface area contributed by atoms with Gasteiger partial charge in [-0.3, -0.25) is 9.59 Å². The summed E-state index contributed by atoms with van der Waals surface area (Å²) < 4.78 is 21.4. The summed E-state index contributed by atoms with van der Waals surface area (Å²) in [6.07, 6.45) is 1.25. The molecule has 2 saturated heterocycles. The molecule has 1 N–H and O–H groups in total. The number of nitrogens with zero attached hydrogens (tertiary/aromatic N) is 3. The summed E-state index contributed by atoms with van der Waals surface area (Å²) in [5.74, 6) is -0.0489. The van der Waals surface area contributed by atoms with Crippen molar-refractivity contribution in [1.82, 2.24) is 9.80 Å². The van der Waals surface area contributed by atoms with Crippen molar-refractivity contribution in [3.05, 3.63) is 64.7 Å². The quantitative estimate of drug-likeness (QED) is 0.635. The molecule has 7 nitrogen and oxygen atoms in total. The number of ether oxygens (including phenoxy) is 1. The van der Waals surface area contributed by atoms with E-state index in [9.17, 15) is 9.59 Å². The average molecular weight is 479 g/mol. The number of amides is 2. The Morgan fingerprint density at radius 2 is 1.86 bits per heavy atom. The Bertz CT molecular complexity index is 1120. The zero-order valence-corrected chi connectivity index (χ0v) is 20.2. The molecule has 4 rings (SSSR count). The van der Waals surface area contributed by atoms with Gasteiger partial charge in [-0.1, -0.05) is 18.2 Å². The molecule has 1 atom stereocenters. The fourth-order valence-electron chi connectivity index (χ4n) is 4.72. The summed E-state index contributed by atoms with van der Waals surface area (Å²) >= 11 is 0. The van der Waals surface area contributed by atoms with E-state index in [2.05, 4.69) is 5.32 Å². The Hall–Kier alpha value is -3.44. The van der Waals surface area contributed by atoms with E-state index in [-0.39, 0.29) is 37.5 Å². The van der Waals surface area contributed by atoms with Crippen LogP contribution < -0.4 is 5.32 Å². The summed E-state index contributed by atoms with van der Waals surface area (Å²) in [5.41, 5.74) is 1.77. The minimum absolute atomic E-state index is 0.00312. The number of likely N-dealkylation sites (tertiary alicyclic amines) is 2. The fourth-order valence-corrected chi connectivity index (χ4v) is 4.72. The van der Waals surface area contributed by atoms with Crippen molar-refractivity contribution in [2.45, 2.75) is 44.9 Å². The van der Waals surface area contributed by atoms with Crippen LogP contribution in [0, 0.1) is 18.3 Å². The molecule has 2 aromatic carbocycles. The van der Waals surface area contributed by atoms with Gasteiger partial charge in [0.25, 0.3) is 5.91 Å². The molecule has 35 heavy (non-hydrogen) atoms. The van der Waals surface area contributed by atoms with Crippen LogP contribution in [0.5, 0.6) is 0 Å². The molecule has 2 aromatic rings. The van der Waals surface area contributed by atoms with Gasteiger partial charge in [0.2, 0.25) is 5.91 Å². The van der Waals surface area contributed by atoms with E-state index in [1.165, 1.54) is 0 Å². The molecule has 2 aliphatic heterocycles. The zero-order valence-electron chi connectivity index (χ0n) is 20.2. The minimum Gasteiger partial charge on any atom is -0.363 e. The number of carbonyl (C=O) groups excluding carboxylic acids is 2. The molecule has 184 valence electrons. The first-order valence-electron chi connectivity index (χ1n) is 12.0. The molecule has 0 aromatic heterocycles. The van der Waals surface area contributed by atoms with Crippen LogP contribution in [0.3, 0.4) is 0 Å². The molecule has 0 saturated carbocycles. The van der Waals surface area contributed by atoms with Gasteiger partial charge >= 0.3 is 0 Å². The number of nitrogens with one attached hydrogen (secondary N) is 1. The molecule has 0 aliphatic carbocycles. The predicted molar refractivity (Wildman–Crippen MR) is 130 cm³/mol. The van der Waals surface area contributed by atoms with Crippen molar-refractivity contribution in [1.29, 1.82) is 5.26 Å². The highest BCUT2D eigenvalue weighted by Gasteiger charge is 2.38. The van der Waals surface area contributed by atoms with E-state index in [1.807, 2.05) is 31.2 Å².